The number of aromatic hydroxyl groups is 1. The molecule has 0 saturated heterocycles. The molecule has 1 aromatic carbocycles. The highest BCUT2D eigenvalue weighted by molar-refractivity contribution is 5.89. The van der Waals surface area contributed by atoms with Crippen molar-refractivity contribution in [3.05, 3.63) is 51.4 Å². The van der Waals surface area contributed by atoms with Crippen LogP contribution in [0.25, 0.3) is 11.3 Å². The Morgan fingerprint density at radius 3 is 3.04 bits per heavy atom. The lowest BCUT2D eigenvalue weighted by atomic mass is 9.85. The molecule has 0 saturated carbocycles. The summed E-state index contributed by atoms with van der Waals surface area (Å²) < 4.78 is 11.3. The highest BCUT2D eigenvalue weighted by atomic mass is 16.5. The molecule has 0 radical (unpaired) electrons. The van der Waals surface area contributed by atoms with E-state index in [0.29, 0.717) is 12.0 Å². The van der Waals surface area contributed by atoms with Gasteiger partial charge in [-0.3, -0.25) is 4.79 Å². The quantitative estimate of drug-likeness (QED) is 0.845. The van der Waals surface area contributed by atoms with Gasteiger partial charge in [-0.2, -0.15) is 0 Å². The molecule has 3 aliphatic heterocycles. The van der Waals surface area contributed by atoms with Crippen molar-refractivity contribution in [3.8, 4) is 11.7 Å². The maximum Gasteiger partial charge on any atom is 0.293 e. The Bertz CT molecular complexity index is 1130. The molecule has 1 unspecified atom stereocenters. The number of aldehydes is 1. The third kappa shape index (κ3) is 2.07. The van der Waals surface area contributed by atoms with Crippen LogP contribution in [-0.2, 0) is 0 Å². The zero-order chi connectivity index (χ0) is 18.7. The van der Waals surface area contributed by atoms with Gasteiger partial charge in [-0.1, -0.05) is 13.0 Å². The Morgan fingerprint density at radius 1 is 1.44 bits per heavy atom. The minimum absolute atomic E-state index is 0.147. The zero-order valence-electron chi connectivity index (χ0n) is 15.3. The molecule has 3 aliphatic rings. The van der Waals surface area contributed by atoms with E-state index in [1.807, 2.05) is 18.2 Å². The summed E-state index contributed by atoms with van der Waals surface area (Å²) in [7, 11) is 1.67. The van der Waals surface area contributed by atoms with Gasteiger partial charge in [0.25, 0.3) is 5.95 Å². The number of fused-ring (bicyclic) bond motifs is 5. The van der Waals surface area contributed by atoms with E-state index in [9.17, 15) is 9.90 Å². The molecular formula is C21H20N2O4. The van der Waals surface area contributed by atoms with Gasteiger partial charge in [0.05, 0.1) is 18.2 Å². The van der Waals surface area contributed by atoms with Crippen molar-refractivity contribution in [2.75, 3.05) is 20.2 Å². The van der Waals surface area contributed by atoms with Gasteiger partial charge in [0, 0.05) is 29.8 Å². The van der Waals surface area contributed by atoms with Gasteiger partial charge >= 0.3 is 0 Å². The second kappa shape index (κ2) is 5.74. The van der Waals surface area contributed by atoms with Crippen LogP contribution in [0.5, 0.6) is 11.7 Å². The normalized spacial score (nSPS) is 19.9. The van der Waals surface area contributed by atoms with Crippen LogP contribution in [0.1, 0.15) is 47.4 Å². The lowest BCUT2D eigenvalue weighted by molar-refractivity contribution is 0.111. The van der Waals surface area contributed by atoms with Crippen molar-refractivity contribution in [2.24, 2.45) is 4.99 Å². The third-order valence-corrected chi connectivity index (χ3v) is 5.85. The molecule has 4 heterocycles. The molecule has 5 rings (SSSR count). The van der Waals surface area contributed by atoms with Crippen molar-refractivity contribution in [1.29, 1.82) is 0 Å². The zero-order valence-corrected chi connectivity index (χ0v) is 15.3. The van der Waals surface area contributed by atoms with Crippen molar-refractivity contribution < 1.29 is 19.1 Å². The molecule has 1 aromatic heterocycles. The number of hydrogen-bond donors (Lipinski definition) is 1. The average molecular weight is 364 g/mol. The van der Waals surface area contributed by atoms with Crippen LogP contribution in [0, 0.1) is 0 Å². The van der Waals surface area contributed by atoms with E-state index in [1.165, 1.54) is 0 Å². The predicted molar refractivity (Wildman–Crippen MR) is 99.1 cm³/mol. The number of carbonyl (C=O) groups excluding carboxylic acids is 1. The highest BCUT2D eigenvalue weighted by Gasteiger charge is 2.40. The first kappa shape index (κ1) is 16.2. The lowest BCUT2D eigenvalue weighted by Gasteiger charge is -2.38. The lowest BCUT2D eigenvalue weighted by Crippen LogP contribution is -2.36. The monoisotopic (exact) mass is 364 g/mol. The molecule has 6 heteroatoms. The fraction of sp³-hybridized carbons (Fsp3) is 0.333. The number of furan rings is 1. The molecule has 2 aromatic rings. The minimum Gasteiger partial charge on any atom is -0.496 e. The summed E-state index contributed by atoms with van der Waals surface area (Å²) in [6, 6.07) is 5.87. The van der Waals surface area contributed by atoms with Gasteiger partial charge in [0.2, 0.25) is 0 Å². The standard InChI is InChI=1S/C21H20N2O4/c1-3-11-9-23-8-7-12-17-14(5-4-6-15(17)26-2)22-18(12)19(23)20-16(11)13(10-24)21(25)27-20/h4-6,10-11,25H,3,7-9H2,1-2H3. The Morgan fingerprint density at radius 2 is 2.30 bits per heavy atom. The molecule has 1 N–H and O–H groups in total. The number of ether oxygens (including phenoxy) is 1. The van der Waals surface area contributed by atoms with E-state index >= 15 is 0 Å². The van der Waals surface area contributed by atoms with Crippen LogP contribution in [0.15, 0.2) is 33.3 Å². The first-order chi connectivity index (χ1) is 13.2. The predicted octanol–water partition coefficient (Wildman–Crippen LogP) is 2.17. The topological polar surface area (TPSA) is 75.3 Å². The van der Waals surface area contributed by atoms with Gasteiger partial charge < -0.3 is 19.2 Å². The fourth-order valence-electron chi connectivity index (χ4n) is 4.60. The minimum atomic E-state index is -0.302. The van der Waals surface area contributed by atoms with Crippen molar-refractivity contribution in [3.63, 3.8) is 0 Å². The summed E-state index contributed by atoms with van der Waals surface area (Å²) in [6.45, 7) is 3.72. The third-order valence-electron chi connectivity index (χ3n) is 5.85. The van der Waals surface area contributed by atoms with E-state index in [1.54, 1.807) is 7.11 Å². The first-order valence-electron chi connectivity index (χ1n) is 9.23. The van der Waals surface area contributed by atoms with Crippen molar-refractivity contribution in [1.82, 2.24) is 4.90 Å². The smallest absolute Gasteiger partial charge is 0.293 e. The van der Waals surface area contributed by atoms with Crippen LogP contribution in [0.2, 0.25) is 0 Å². The maximum atomic E-state index is 11.6. The van der Waals surface area contributed by atoms with E-state index in [-0.39, 0.29) is 17.4 Å². The number of allylic oxidation sites excluding steroid dienone is 1. The Kier molecular flexibility index (Phi) is 3.44. The molecule has 6 nitrogen and oxygen atoms in total. The Labute approximate surface area is 156 Å². The second-order valence-corrected chi connectivity index (χ2v) is 7.12. The number of rotatable bonds is 3. The summed E-state index contributed by atoms with van der Waals surface area (Å²) in [5, 5.41) is 12.1. The average Bonchev–Trinajstić information content (AvgIpc) is 3.23. The molecule has 1 atom stereocenters. The number of hydrogen-bond acceptors (Lipinski definition) is 6. The van der Waals surface area contributed by atoms with Gasteiger partial charge in [-0.15, -0.1) is 0 Å². The second-order valence-electron chi connectivity index (χ2n) is 7.12. The van der Waals surface area contributed by atoms with Gasteiger partial charge in [0.15, 0.2) is 12.0 Å². The number of methoxy groups -OCH3 is 1. The van der Waals surface area contributed by atoms with Gasteiger partial charge in [-0.05, 0) is 30.5 Å². The number of benzene rings is 1. The molecule has 138 valence electrons. The number of carbonyl (C=O) groups is 1. The van der Waals surface area contributed by atoms with Gasteiger partial charge in [-0.25, -0.2) is 4.99 Å². The summed E-state index contributed by atoms with van der Waals surface area (Å²) in [5.41, 5.74) is 3.95. The molecule has 27 heavy (non-hydrogen) atoms. The van der Waals surface area contributed by atoms with E-state index in [2.05, 4.69) is 11.8 Å². The van der Waals surface area contributed by atoms with Crippen molar-refractivity contribution >= 4 is 17.6 Å². The summed E-state index contributed by atoms with van der Waals surface area (Å²) in [4.78, 5) is 18.7. The Balaban J connectivity index is 1.85. The molecular weight excluding hydrogens is 344 g/mol. The van der Waals surface area contributed by atoms with Crippen LogP contribution in [-0.4, -0.2) is 36.5 Å². The van der Waals surface area contributed by atoms with Crippen molar-refractivity contribution in [2.45, 2.75) is 25.7 Å². The highest BCUT2D eigenvalue weighted by Crippen LogP contribution is 2.48. The van der Waals surface area contributed by atoms with E-state index in [4.69, 9.17) is 14.1 Å². The molecule has 0 spiro atoms. The van der Waals surface area contributed by atoms with Gasteiger partial charge in [0.1, 0.15) is 17.0 Å². The van der Waals surface area contributed by atoms with Crippen LogP contribution < -0.4 is 15.3 Å². The SMILES string of the molecule is CCC1CN2CCC3=c4c(OC)cccc4=NC3=C2c2oc(O)c(C=O)c21. The molecule has 0 aliphatic carbocycles. The largest absolute Gasteiger partial charge is 0.496 e. The molecule has 0 fully saturated rings. The Hall–Kier alpha value is -3.02. The summed E-state index contributed by atoms with van der Waals surface area (Å²) >= 11 is 0. The maximum absolute atomic E-state index is 11.6. The first-order valence-corrected chi connectivity index (χ1v) is 9.23. The van der Waals surface area contributed by atoms with Crippen LogP contribution in [0.3, 0.4) is 0 Å². The summed E-state index contributed by atoms with van der Waals surface area (Å²) in [5.74, 6) is 1.24. The number of nitrogens with zero attached hydrogens (tertiary/aromatic N) is 2. The van der Waals surface area contributed by atoms with Crippen LogP contribution >= 0.6 is 0 Å². The van der Waals surface area contributed by atoms with Crippen LogP contribution in [0.4, 0.5) is 0 Å². The summed E-state index contributed by atoms with van der Waals surface area (Å²) in [6.07, 6.45) is 2.43. The van der Waals surface area contributed by atoms with E-state index < -0.39 is 0 Å². The molecule has 0 amide bonds. The van der Waals surface area contributed by atoms with E-state index in [0.717, 1.165) is 64.8 Å². The molecule has 0 bridgehead atoms. The fourth-order valence-corrected chi connectivity index (χ4v) is 4.60.